The van der Waals surface area contributed by atoms with E-state index in [1.54, 1.807) is 37.5 Å². The summed E-state index contributed by atoms with van der Waals surface area (Å²) in [7, 11) is 0. The summed E-state index contributed by atoms with van der Waals surface area (Å²) in [5.74, 6) is -0.829. The SMILES string of the molecule is C[C@]1(c2ccc(F)cc2)OC(=O)N[C@@H]1c1cncc(-c2cncc(F)c2)c1. The zero-order valence-corrected chi connectivity index (χ0v) is 14.3. The van der Waals surface area contributed by atoms with Gasteiger partial charge in [-0.2, -0.15) is 0 Å². The maximum Gasteiger partial charge on any atom is 0.408 e. The van der Waals surface area contributed by atoms with Gasteiger partial charge in [0, 0.05) is 29.7 Å². The molecule has 27 heavy (non-hydrogen) atoms. The van der Waals surface area contributed by atoms with Crippen molar-refractivity contribution >= 4 is 6.09 Å². The monoisotopic (exact) mass is 367 g/mol. The summed E-state index contributed by atoms with van der Waals surface area (Å²) >= 11 is 0. The lowest BCUT2D eigenvalue weighted by molar-refractivity contribution is 0.0494. The summed E-state index contributed by atoms with van der Waals surface area (Å²) < 4.78 is 32.3. The summed E-state index contributed by atoms with van der Waals surface area (Å²) in [4.78, 5) is 20.1. The summed E-state index contributed by atoms with van der Waals surface area (Å²) in [5, 5.41) is 2.78. The van der Waals surface area contributed by atoms with Crippen LogP contribution in [0.2, 0.25) is 0 Å². The minimum absolute atomic E-state index is 0.376. The lowest BCUT2D eigenvalue weighted by atomic mass is 9.84. The molecule has 0 spiro atoms. The van der Waals surface area contributed by atoms with Crippen molar-refractivity contribution in [2.75, 3.05) is 0 Å². The molecule has 0 radical (unpaired) electrons. The number of ether oxygens (including phenoxy) is 1. The highest BCUT2D eigenvalue weighted by Crippen LogP contribution is 2.43. The Kier molecular flexibility index (Phi) is 4.07. The Bertz CT molecular complexity index is 1010. The first-order valence-corrected chi connectivity index (χ1v) is 8.27. The van der Waals surface area contributed by atoms with Gasteiger partial charge in [0.25, 0.3) is 0 Å². The minimum Gasteiger partial charge on any atom is -0.436 e. The first-order chi connectivity index (χ1) is 13.0. The molecule has 7 heteroatoms. The summed E-state index contributed by atoms with van der Waals surface area (Å²) in [6.07, 6.45) is 5.28. The van der Waals surface area contributed by atoms with Gasteiger partial charge in [0.15, 0.2) is 5.60 Å². The normalized spacial score (nSPS) is 21.6. The van der Waals surface area contributed by atoms with Crippen LogP contribution in [0.15, 0.2) is 61.2 Å². The van der Waals surface area contributed by atoms with E-state index < -0.39 is 23.6 Å². The maximum absolute atomic E-state index is 13.5. The van der Waals surface area contributed by atoms with Crippen molar-refractivity contribution < 1.29 is 18.3 Å². The zero-order valence-electron chi connectivity index (χ0n) is 14.3. The summed E-state index contributed by atoms with van der Waals surface area (Å²) in [5.41, 5.74) is 1.49. The molecule has 1 aliphatic rings. The Morgan fingerprint density at radius 2 is 1.63 bits per heavy atom. The number of alkyl carbamates (subject to hydrolysis) is 1. The van der Waals surface area contributed by atoms with Crippen LogP contribution >= 0.6 is 0 Å². The Labute approximate surface area is 154 Å². The standard InChI is InChI=1S/C20H15F2N3O2/c1-20(15-2-4-16(21)5-3-15)18(25-19(26)27-20)14-6-12(8-23-10-14)13-7-17(22)11-24-9-13/h2-11,18H,1H3,(H,25,26)/t18-,20-/m1/s1. The van der Waals surface area contributed by atoms with Gasteiger partial charge in [0.2, 0.25) is 0 Å². The number of nitrogens with one attached hydrogen (secondary N) is 1. The number of benzene rings is 1. The molecule has 5 nitrogen and oxygen atoms in total. The van der Waals surface area contributed by atoms with Crippen LogP contribution in [0.25, 0.3) is 11.1 Å². The predicted octanol–water partition coefficient (Wildman–Crippen LogP) is 4.12. The van der Waals surface area contributed by atoms with Crippen LogP contribution in [0.1, 0.15) is 24.1 Å². The van der Waals surface area contributed by atoms with Gasteiger partial charge >= 0.3 is 6.09 Å². The van der Waals surface area contributed by atoms with Crippen LogP contribution in [0.5, 0.6) is 0 Å². The number of hydrogen-bond acceptors (Lipinski definition) is 4. The van der Waals surface area contributed by atoms with Crippen LogP contribution in [-0.2, 0) is 10.3 Å². The molecule has 1 aromatic carbocycles. The summed E-state index contributed by atoms with van der Waals surface area (Å²) in [6.45, 7) is 1.75. The van der Waals surface area contributed by atoms with Gasteiger partial charge in [-0.1, -0.05) is 12.1 Å². The van der Waals surface area contributed by atoms with E-state index in [4.69, 9.17) is 4.74 Å². The van der Waals surface area contributed by atoms with Gasteiger partial charge in [-0.3, -0.25) is 9.97 Å². The first-order valence-electron chi connectivity index (χ1n) is 8.27. The van der Waals surface area contributed by atoms with Crippen molar-refractivity contribution in [1.82, 2.24) is 15.3 Å². The number of nitrogens with zero attached hydrogens (tertiary/aromatic N) is 2. The van der Waals surface area contributed by atoms with E-state index in [0.29, 0.717) is 22.3 Å². The third-order valence-electron chi connectivity index (χ3n) is 4.67. The van der Waals surface area contributed by atoms with Gasteiger partial charge < -0.3 is 10.1 Å². The van der Waals surface area contributed by atoms with Crippen molar-refractivity contribution in [3.05, 3.63) is 83.9 Å². The largest absolute Gasteiger partial charge is 0.436 e. The van der Waals surface area contributed by atoms with Crippen LogP contribution in [0.4, 0.5) is 13.6 Å². The van der Waals surface area contributed by atoms with E-state index >= 15 is 0 Å². The van der Waals surface area contributed by atoms with Crippen molar-refractivity contribution in [3.63, 3.8) is 0 Å². The number of aromatic nitrogens is 2. The second-order valence-electron chi connectivity index (χ2n) is 6.48. The van der Waals surface area contributed by atoms with E-state index in [-0.39, 0.29) is 5.82 Å². The molecule has 1 aliphatic heterocycles. The smallest absolute Gasteiger partial charge is 0.408 e. The van der Waals surface area contributed by atoms with Gasteiger partial charge in [-0.25, -0.2) is 13.6 Å². The molecule has 1 N–H and O–H groups in total. The van der Waals surface area contributed by atoms with E-state index in [1.165, 1.54) is 24.4 Å². The highest BCUT2D eigenvalue weighted by atomic mass is 19.1. The van der Waals surface area contributed by atoms with Gasteiger partial charge in [-0.05, 0) is 42.3 Å². The van der Waals surface area contributed by atoms with Crippen LogP contribution in [-0.4, -0.2) is 16.1 Å². The maximum atomic E-state index is 13.5. The van der Waals surface area contributed by atoms with E-state index in [2.05, 4.69) is 15.3 Å². The Hall–Kier alpha value is -3.35. The molecule has 3 heterocycles. The molecule has 136 valence electrons. The molecule has 3 aromatic rings. The third kappa shape index (κ3) is 3.12. The number of carbonyl (C=O) groups is 1. The zero-order chi connectivity index (χ0) is 19.0. The average Bonchev–Trinajstić information content (AvgIpc) is 2.98. The Morgan fingerprint density at radius 1 is 0.963 bits per heavy atom. The highest BCUT2D eigenvalue weighted by molar-refractivity contribution is 5.72. The van der Waals surface area contributed by atoms with Crippen LogP contribution in [0.3, 0.4) is 0 Å². The van der Waals surface area contributed by atoms with E-state index in [0.717, 1.165) is 6.20 Å². The van der Waals surface area contributed by atoms with Crippen molar-refractivity contribution in [1.29, 1.82) is 0 Å². The predicted molar refractivity (Wildman–Crippen MR) is 93.5 cm³/mol. The van der Waals surface area contributed by atoms with Crippen molar-refractivity contribution in [3.8, 4) is 11.1 Å². The second kappa shape index (κ2) is 6.42. The molecule has 0 unspecified atom stereocenters. The van der Waals surface area contributed by atoms with Crippen molar-refractivity contribution in [2.24, 2.45) is 0 Å². The molecule has 1 fully saturated rings. The molecule has 2 aromatic heterocycles. The number of halogens is 2. The second-order valence-corrected chi connectivity index (χ2v) is 6.48. The average molecular weight is 367 g/mol. The highest BCUT2D eigenvalue weighted by Gasteiger charge is 2.47. The van der Waals surface area contributed by atoms with E-state index in [9.17, 15) is 13.6 Å². The first kappa shape index (κ1) is 17.1. The molecule has 0 aliphatic carbocycles. The molecule has 1 saturated heterocycles. The fraction of sp³-hybridized carbons (Fsp3) is 0.150. The molecular weight excluding hydrogens is 352 g/mol. The molecule has 4 rings (SSSR count). The van der Waals surface area contributed by atoms with E-state index in [1.807, 2.05) is 0 Å². The topological polar surface area (TPSA) is 64.1 Å². The van der Waals surface area contributed by atoms with Crippen LogP contribution < -0.4 is 5.32 Å². The van der Waals surface area contributed by atoms with Gasteiger partial charge in [0.1, 0.15) is 17.7 Å². The summed E-state index contributed by atoms with van der Waals surface area (Å²) in [6, 6.07) is 8.40. The molecular formula is C20H15F2N3O2. The number of cyclic esters (lactones) is 1. The molecule has 0 bridgehead atoms. The number of amides is 1. The van der Waals surface area contributed by atoms with Crippen LogP contribution in [0, 0.1) is 11.6 Å². The molecule has 0 saturated carbocycles. The Balaban J connectivity index is 1.76. The van der Waals surface area contributed by atoms with Gasteiger partial charge in [-0.15, -0.1) is 0 Å². The number of pyridine rings is 2. The van der Waals surface area contributed by atoms with Crippen molar-refractivity contribution in [2.45, 2.75) is 18.6 Å². The number of carbonyl (C=O) groups excluding carboxylic acids is 1. The fourth-order valence-electron chi connectivity index (χ4n) is 3.29. The Morgan fingerprint density at radius 3 is 2.33 bits per heavy atom. The third-order valence-corrected chi connectivity index (χ3v) is 4.67. The lowest BCUT2D eigenvalue weighted by Gasteiger charge is -2.29. The quantitative estimate of drug-likeness (QED) is 0.756. The molecule has 1 amide bonds. The minimum atomic E-state index is -1.05. The number of rotatable bonds is 3. The van der Waals surface area contributed by atoms with Gasteiger partial charge in [0.05, 0.1) is 6.20 Å². The number of hydrogen-bond donors (Lipinski definition) is 1. The molecule has 2 atom stereocenters. The lowest BCUT2D eigenvalue weighted by Crippen LogP contribution is -2.31. The fourth-order valence-corrected chi connectivity index (χ4v) is 3.29.